The number of benzene rings is 1. The number of thiocarbonyl (C=S) groups is 1. The average Bonchev–Trinajstić information content (AvgIpc) is 3.29. The molecule has 6 nitrogen and oxygen atoms in total. The number of amides is 1. The van der Waals surface area contributed by atoms with Crippen LogP contribution >= 0.6 is 12.2 Å². The maximum absolute atomic E-state index is 12.8. The Morgan fingerprint density at radius 2 is 1.91 bits per heavy atom. The molecule has 7 heteroatoms. The van der Waals surface area contributed by atoms with E-state index in [1.54, 1.807) is 0 Å². The van der Waals surface area contributed by atoms with Crippen LogP contribution in [0.5, 0.6) is 0 Å². The van der Waals surface area contributed by atoms with Gasteiger partial charge in [-0.3, -0.25) is 9.78 Å². The molecule has 1 aliphatic heterocycles. The Hall–Kier alpha value is -3.19. The topological polar surface area (TPSA) is 62.2 Å². The highest BCUT2D eigenvalue weighted by Crippen LogP contribution is 2.40. The van der Waals surface area contributed by atoms with Crippen LogP contribution in [0.2, 0.25) is 0 Å². The number of hydrogen-bond donors (Lipinski definition) is 2. The number of aromatic nitrogens is 2. The Labute approximate surface area is 201 Å². The molecule has 2 aromatic heterocycles. The molecule has 1 fully saturated rings. The van der Waals surface area contributed by atoms with Gasteiger partial charge >= 0.3 is 0 Å². The minimum Gasteiger partial charge on any atom is -0.352 e. The van der Waals surface area contributed by atoms with E-state index in [1.807, 2.05) is 55.6 Å². The van der Waals surface area contributed by atoms with Crippen molar-refractivity contribution in [3.8, 4) is 0 Å². The summed E-state index contributed by atoms with van der Waals surface area (Å²) in [4.78, 5) is 19.5. The summed E-state index contributed by atoms with van der Waals surface area (Å²) in [5.74, 6) is -0.0221. The number of aryl methyl sites for hydroxylation is 2. The van der Waals surface area contributed by atoms with Gasteiger partial charge in [0, 0.05) is 42.8 Å². The van der Waals surface area contributed by atoms with Gasteiger partial charge in [-0.2, -0.15) is 0 Å². The van der Waals surface area contributed by atoms with Gasteiger partial charge in [-0.1, -0.05) is 24.3 Å². The lowest BCUT2D eigenvalue weighted by Gasteiger charge is -2.28. The van der Waals surface area contributed by atoms with Crippen LogP contribution in [0.3, 0.4) is 0 Å². The van der Waals surface area contributed by atoms with E-state index < -0.39 is 0 Å². The predicted molar refractivity (Wildman–Crippen MR) is 136 cm³/mol. The van der Waals surface area contributed by atoms with Crippen LogP contribution in [0.15, 0.2) is 54.7 Å². The molecule has 1 saturated heterocycles. The quantitative estimate of drug-likeness (QED) is 0.494. The lowest BCUT2D eigenvalue weighted by molar-refractivity contribution is -0.116. The molecule has 0 radical (unpaired) electrons. The molecule has 1 aromatic carbocycles. The van der Waals surface area contributed by atoms with Crippen molar-refractivity contribution >= 4 is 28.9 Å². The Morgan fingerprint density at radius 3 is 2.58 bits per heavy atom. The second-order valence-corrected chi connectivity index (χ2v) is 8.89. The van der Waals surface area contributed by atoms with E-state index in [2.05, 4.69) is 51.9 Å². The Morgan fingerprint density at radius 1 is 1.15 bits per heavy atom. The number of rotatable bonds is 7. The monoisotopic (exact) mass is 461 g/mol. The van der Waals surface area contributed by atoms with Gasteiger partial charge in [0.2, 0.25) is 5.91 Å². The number of carbonyl (C=O) groups is 1. The maximum atomic E-state index is 12.8. The van der Waals surface area contributed by atoms with Crippen LogP contribution in [-0.2, 0) is 11.3 Å². The zero-order valence-corrected chi connectivity index (χ0v) is 20.4. The van der Waals surface area contributed by atoms with E-state index in [9.17, 15) is 4.79 Å². The molecule has 0 bridgehead atoms. The fourth-order valence-electron chi connectivity index (χ4n) is 4.75. The first-order valence-electron chi connectivity index (χ1n) is 11.4. The van der Waals surface area contributed by atoms with Crippen LogP contribution in [0, 0.1) is 20.8 Å². The van der Waals surface area contributed by atoms with Crippen LogP contribution in [-0.4, -0.2) is 32.0 Å². The average molecular weight is 462 g/mol. The molecule has 0 spiro atoms. The van der Waals surface area contributed by atoms with Gasteiger partial charge < -0.3 is 20.1 Å². The summed E-state index contributed by atoms with van der Waals surface area (Å²) in [5.41, 5.74) is 6.50. The van der Waals surface area contributed by atoms with Crippen molar-refractivity contribution in [3.05, 3.63) is 82.9 Å². The fourth-order valence-corrected chi connectivity index (χ4v) is 5.08. The summed E-state index contributed by atoms with van der Waals surface area (Å²) < 4.78 is 2.31. The number of nitrogens with one attached hydrogen (secondary N) is 2. The summed E-state index contributed by atoms with van der Waals surface area (Å²) in [5, 5.41) is 7.17. The van der Waals surface area contributed by atoms with E-state index in [0.29, 0.717) is 18.1 Å². The number of para-hydroxylation sites is 1. The first-order valence-corrected chi connectivity index (χ1v) is 11.8. The summed E-state index contributed by atoms with van der Waals surface area (Å²) in [6.45, 7) is 9.88. The molecule has 3 heterocycles. The molecular formula is C26H31N5OS. The summed E-state index contributed by atoms with van der Waals surface area (Å²) in [6.07, 6.45) is 2.15. The van der Waals surface area contributed by atoms with Gasteiger partial charge in [-0.15, -0.1) is 0 Å². The third-order valence-electron chi connectivity index (χ3n) is 6.44. The highest BCUT2D eigenvalue weighted by atomic mass is 32.1. The molecule has 0 saturated carbocycles. The largest absolute Gasteiger partial charge is 0.352 e. The minimum atomic E-state index is -0.0797. The second kappa shape index (κ2) is 9.75. The lowest BCUT2D eigenvalue weighted by Crippen LogP contribution is -2.33. The summed E-state index contributed by atoms with van der Waals surface area (Å²) in [7, 11) is 0. The zero-order valence-electron chi connectivity index (χ0n) is 19.6. The molecule has 0 aliphatic carbocycles. The molecule has 1 amide bonds. The smallest absolute Gasteiger partial charge is 0.226 e. The van der Waals surface area contributed by atoms with E-state index in [4.69, 9.17) is 12.2 Å². The first-order chi connectivity index (χ1) is 15.9. The Bertz CT molecular complexity index is 1160. The molecule has 33 heavy (non-hydrogen) atoms. The SMILES string of the molecule is CCn1c(C)cc([C@@H]2[C@@H](c3ccccn3)NC(=S)N2CCC(=O)Nc2ccccc2C)c1C. The number of hydrogen-bond acceptors (Lipinski definition) is 3. The minimum absolute atomic E-state index is 0.0221. The third-order valence-corrected chi connectivity index (χ3v) is 6.80. The Kier molecular flexibility index (Phi) is 6.79. The second-order valence-electron chi connectivity index (χ2n) is 8.50. The Balaban J connectivity index is 1.60. The van der Waals surface area contributed by atoms with Crippen LogP contribution < -0.4 is 10.6 Å². The highest BCUT2D eigenvalue weighted by Gasteiger charge is 2.41. The van der Waals surface area contributed by atoms with Crippen LogP contribution in [0.25, 0.3) is 0 Å². The number of pyridine rings is 1. The maximum Gasteiger partial charge on any atom is 0.226 e. The lowest BCUT2D eigenvalue weighted by atomic mass is 9.96. The van der Waals surface area contributed by atoms with Gasteiger partial charge in [0.05, 0.1) is 17.8 Å². The standard InChI is InChI=1S/C26H31N5OS/c1-5-30-18(3)16-20(19(30)4)25-24(22-12-8-9-14-27-22)29-26(33)31(25)15-13-23(32)28-21-11-7-6-10-17(21)2/h6-12,14,16,24-25H,5,13,15H2,1-4H3,(H,28,32)(H,29,33)/t24-,25-/m1/s1. The molecular weight excluding hydrogens is 430 g/mol. The van der Waals surface area contributed by atoms with E-state index in [-0.39, 0.29) is 18.0 Å². The van der Waals surface area contributed by atoms with Crippen molar-refractivity contribution in [2.75, 3.05) is 11.9 Å². The number of carbonyl (C=O) groups excluding carboxylic acids is 1. The van der Waals surface area contributed by atoms with Crippen molar-refractivity contribution in [1.82, 2.24) is 19.8 Å². The van der Waals surface area contributed by atoms with Crippen molar-refractivity contribution in [1.29, 1.82) is 0 Å². The van der Waals surface area contributed by atoms with Crippen molar-refractivity contribution < 1.29 is 4.79 Å². The van der Waals surface area contributed by atoms with Crippen LogP contribution in [0.4, 0.5) is 5.69 Å². The third kappa shape index (κ3) is 4.64. The van der Waals surface area contributed by atoms with Crippen molar-refractivity contribution in [2.24, 2.45) is 0 Å². The summed E-state index contributed by atoms with van der Waals surface area (Å²) in [6, 6.07) is 15.9. The normalized spacial score (nSPS) is 17.8. The molecule has 4 rings (SSSR count). The fraction of sp³-hybridized carbons (Fsp3) is 0.346. The van der Waals surface area contributed by atoms with Gasteiger partial charge in [-0.05, 0) is 75.3 Å². The van der Waals surface area contributed by atoms with Gasteiger partial charge in [0.25, 0.3) is 0 Å². The van der Waals surface area contributed by atoms with Gasteiger partial charge in [-0.25, -0.2) is 0 Å². The first kappa shape index (κ1) is 23.0. The van der Waals surface area contributed by atoms with E-state index >= 15 is 0 Å². The number of anilines is 1. The van der Waals surface area contributed by atoms with E-state index in [1.165, 1.54) is 17.0 Å². The molecule has 1 aliphatic rings. The molecule has 0 unspecified atom stereocenters. The molecule has 2 N–H and O–H groups in total. The summed E-state index contributed by atoms with van der Waals surface area (Å²) >= 11 is 5.76. The van der Waals surface area contributed by atoms with Crippen molar-refractivity contribution in [3.63, 3.8) is 0 Å². The molecule has 172 valence electrons. The van der Waals surface area contributed by atoms with E-state index in [0.717, 1.165) is 23.5 Å². The number of nitrogens with zero attached hydrogens (tertiary/aromatic N) is 3. The predicted octanol–water partition coefficient (Wildman–Crippen LogP) is 4.83. The van der Waals surface area contributed by atoms with Crippen LogP contribution in [0.1, 0.15) is 53.6 Å². The van der Waals surface area contributed by atoms with Crippen molar-refractivity contribution in [2.45, 2.75) is 52.7 Å². The van der Waals surface area contributed by atoms with Gasteiger partial charge in [0.1, 0.15) is 0 Å². The zero-order chi connectivity index (χ0) is 23.5. The highest BCUT2D eigenvalue weighted by molar-refractivity contribution is 7.80. The molecule has 2 atom stereocenters. The van der Waals surface area contributed by atoms with Gasteiger partial charge in [0.15, 0.2) is 5.11 Å². The molecule has 3 aromatic rings.